The van der Waals surface area contributed by atoms with Crippen molar-refractivity contribution >= 4 is 23.5 Å². The van der Waals surface area contributed by atoms with Gasteiger partial charge in [-0.15, -0.1) is 0 Å². The van der Waals surface area contributed by atoms with Gasteiger partial charge in [0.15, 0.2) is 5.78 Å². The molecular weight excluding hydrogens is 264 g/mol. The zero-order chi connectivity index (χ0) is 13.8. The van der Waals surface area contributed by atoms with Crippen molar-refractivity contribution in [3.8, 4) is 0 Å². The smallest absolute Gasteiger partial charge is 0.165 e. The molecule has 0 heterocycles. The number of allylic oxidation sites excluding steroid dienone is 2. The molecule has 0 radical (unpaired) electrons. The lowest BCUT2D eigenvalue weighted by Crippen LogP contribution is -2.26. The topological polar surface area (TPSA) is 57.5 Å². The molecule has 0 aliphatic heterocycles. The van der Waals surface area contributed by atoms with Crippen LogP contribution in [0.3, 0.4) is 0 Å². The number of carbonyl (C=O) groups is 1. The van der Waals surface area contributed by atoms with Gasteiger partial charge in [0.05, 0.1) is 12.0 Å². The Morgan fingerprint density at radius 2 is 1.95 bits per heavy atom. The molecule has 3 nitrogen and oxygen atoms in total. The molecule has 1 aliphatic rings. The summed E-state index contributed by atoms with van der Waals surface area (Å²) in [6.07, 6.45) is 6.25. The average Bonchev–Trinajstić information content (AvgIpc) is 2.40. The van der Waals surface area contributed by atoms with Crippen LogP contribution < -0.4 is 0 Å². The Bertz CT molecular complexity index is 555. The lowest BCUT2D eigenvalue weighted by atomic mass is 9.92. The van der Waals surface area contributed by atoms with Crippen molar-refractivity contribution in [1.29, 1.82) is 0 Å². The second kappa shape index (κ2) is 5.87. The molecule has 0 saturated heterocycles. The van der Waals surface area contributed by atoms with E-state index in [2.05, 4.69) is 0 Å². The first-order valence-corrected chi connectivity index (χ1v) is 6.18. The van der Waals surface area contributed by atoms with Crippen molar-refractivity contribution < 1.29 is 15.0 Å². The van der Waals surface area contributed by atoms with Crippen LogP contribution in [0.2, 0.25) is 5.02 Å². The van der Waals surface area contributed by atoms with E-state index < -0.39 is 12.0 Å². The third-order valence-corrected chi connectivity index (χ3v) is 3.07. The van der Waals surface area contributed by atoms with Crippen LogP contribution in [-0.2, 0) is 4.79 Å². The minimum absolute atomic E-state index is 0.0106. The summed E-state index contributed by atoms with van der Waals surface area (Å²) < 4.78 is 0. The summed E-state index contributed by atoms with van der Waals surface area (Å²) in [6, 6.07) is 7.04. The molecule has 1 aromatic rings. The number of carbonyl (C=O) groups excluding carboxylic acids is 1. The van der Waals surface area contributed by atoms with Gasteiger partial charge in [0.1, 0.15) is 5.76 Å². The van der Waals surface area contributed by atoms with Gasteiger partial charge in [-0.1, -0.05) is 35.9 Å². The summed E-state index contributed by atoms with van der Waals surface area (Å²) in [4.78, 5) is 11.9. The second-order valence-corrected chi connectivity index (χ2v) is 4.69. The monoisotopic (exact) mass is 276 g/mol. The first kappa shape index (κ1) is 13.6. The Labute approximate surface area is 116 Å². The highest BCUT2D eigenvalue weighted by molar-refractivity contribution is 6.30. The molecule has 0 fully saturated rings. The number of aliphatic hydroxyl groups is 2. The molecule has 2 N–H and O–H groups in total. The fourth-order valence-electron chi connectivity index (χ4n) is 1.77. The maximum absolute atomic E-state index is 11.9. The summed E-state index contributed by atoms with van der Waals surface area (Å²) in [5, 5.41) is 19.6. The number of hydrogen-bond acceptors (Lipinski definition) is 3. The molecular formula is C15H13ClO3. The highest BCUT2D eigenvalue weighted by Gasteiger charge is 2.23. The van der Waals surface area contributed by atoms with Gasteiger partial charge in [-0.2, -0.15) is 0 Å². The maximum Gasteiger partial charge on any atom is 0.165 e. The van der Waals surface area contributed by atoms with Crippen molar-refractivity contribution in [2.45, 2.75) is 6.10 Å². The summed E-state index contributed by atoms with van der Waals surface area (Å²) in [5.74, 6) is -1.02. The summed E-state index contributed by atoms with van der Waals surface area (Å²) in [6.45, 7) is 0. The quantitative estimate of drug-likeness (QED) is 0.835. The predicted octanol–water partition coefficient (Wildman–Crippen LogP) is 2.91. The van der Waals surface area contributed by atoms with Gasteiger partial charge in [0, 0.05) is 5.02 Å². The molecule has 0 amide bonds. The van der Waals surface area contributed by atoms with Gasteiger partial charge in [0.2, 0.25) is 0 Å². The van der Waals surface area contributed by atoms with Gasteiger partial charge < -0.3 is 10.2 Å². The van der Waals surface area contributed by atoms with E-state index in [1.165, 1.54) is 24.3 Å². The van der Waals surface area contributed by atoms with E-state index in [-0.39, 0.29) is 11.5 Å². The number of halogens is 1. The van der Waals surface area contributed by atoms with Crippen molar-refractivity contribution in [1.82, 2.24) is 0 Å². The SMILES string of the molecule is O=C(/C=C/c1ccc(Cl)cc1)C1C=C(O)C=CC1O. The Hall–Kier alpha value is -1.84. The molecule has 0 bridgehead atoms. The number of rotatable bonds is 3. The van der Waals surface area contributed by atoms with Crippen molar-refractivity contribution in [3.63, 3.8) is 0 Å². The molecule has 1 aliphatic carbocycles. The molecule has 0 spiro atoms. The fourth-order valence-corrected chi connectivity index (χ4v) is 1.89. The molecule has 0 saturated carbocycles. The van der Waals surface area contributed by atoms with Gasteiger partial charge in [-0.05, 0) is 35.9 Å². The first-order chi connectivity index (χ1) is 9.06. The molecule has 1 aromatic carbocycles. The van der Waals surface area contributed by atoms with Crippen LogP contribution in [0.4, 0.5) is 0 Å². The average molecular weight is 277 g/mol. The van der Waals surface area contributed by atoms with E-state index in [0.717, 1.165) is 5.56 Å². The van der Waals surface area contributed by atoms with E-state index in [4.69, 9.17) is 11.6 Å². The van der Waals surface area contributed by atoms with Crippen LogP contribution in [0, 0.1) is 5.92 Å². The van der Waals surface area contributed by atoms with Crippen molar-refractivity contribution in [2.75, 3.05) is 0 Å². The van der Waals surface area contributed by atoms with E-state index in [1.807, 2.05) is 0 Å². The molecule has 0 aromatic heterocycles. The van der Waals surface area contributed by atoms with E-state index in [0.29, 0.717) is 5.02 Å². The minimum atomic E-state index is -0.904. The van der Waals surface area contributed by atoms with E-state index in [1.54, 1.807) is 30.3 Å². The number of benzene rings is 1. The zero-order valence-corrected chi connectivity index (χ0v) is 10.8. The van der Waals surface area contributed by atoms with Gasteiger partial charge >= 0.3 is 0 Å². The van der Waals surface area contributed by atoms with E-state index in [9.17, 15) is 15.0 Å². The number of aliphatic hydroxyl groups excluding tert-OH is 2. The maximum atomic E-state index is 11.9. The van der Waals surface area contributed by atoms with Crippen LogP contribution in [0.15, 0.2) is 54.3 Å². The zero-order valence-electron chi connectivity index (χ0n) is 10.0. The lowest BCUT2D eigenvalue weighted by molar-refractivity contribution is -0.118. The van der Waals surface area contributed by atoms with Crippen LogP contribution in [0.5, 0.6) is 0 Å². The van der Waals surface area contributed by atoms with Crippen LogP contribution >= 0.6 is 11.6 Å². The lowest BCUT2D eigenvalue weighted by Gasteiger charge is -2.17. The normalized spacial score (nSPS) is 22.5. The molecule has 19 heavy (non-hydrogen) atoms. The molecule has 2 rings (SSSR count). The minimum Gasteiger partial charge on any atom is -0.508 e. The molecule has 98 valence electrons. The Morgan fingerprint density at radius 1 is 1.26 bits per heavy atom. The Kier molecular flexibility index (Phi) is 4.20. The highest BCUT2D eigenvalue weighted by atomic mass is 35.5. The fraction of sp³-hybridized carbons (Fsp3) is 0.133. The predicted molar refractivity (Wildman–Crippen MR) is 74.8 cm³/mol. The largest absolute Gasteiger partial charge is 0.508 e. The third kappa shape index (κ3) is 3.56. The first-order valence-electron chi connectivity index (χ1n) is 5.81. The highest BCUT2D eigenvalue weighted by Crippen LogP contribution is 2.18. The molecule has 2 unspecified atom stereocenters. The third-order valence-electron chi connectivity index (χ3n) is 2.82. The van der Waals surface area contributed by atoms with Crippen molar-refractivity contribution in [3.05, 3.63) is 64.9 Å². The summed E-state index contributed by atoms with van der Waals surface area (Å²) >= 11 is 5.76. The van der Waals surface area contributed by atoms with Crippen molar-refractivity contribution in [2.24, 2.45) is 5.92 Å². The van der Waals surface area contributed by atoms with Gasteiger partial charge in [-0.3, -0.25) is 4.79 Å². The standard InChI is InChI=1S/C15H13ClO3/c16-11-4-1-10(2-5-11)3-7-14(18)13-9-12(17)6-8-15(13)19/h1-9,13,15,17,19H/b7-3+. The Balaban J connectivity index is 2.09. The van der Waals surface area contributed by atoms with Crippen LogP contribution in [0.25, 0.3) is 6.08 Å². The van der Waals surface area contributed by atoms with Crippen LogP contribution in [-0.4, -0.2) is 22.1 Å². The van der Waals surface area contributed by atoms with Gasteiger partial charge in [-0.25, -0.2) is 0 Å². The Morgan fingerprint density at radius 3 is 2.63 bits per heavy atom. The van der Waals surface area contributed by atoms with Gasteiger partial charge in [0.25, 0.3) is 0 Å². The molecule has 2 atom stereocenters. The number of hydrogen-bond donors (Lipinski definition) is 2. The van der Waals surface area contributed by atoms with E-state index >= 15 is 0 Å². The summed E-state index contributed by atoms with van der Waals surface area (Å²) in [5.41, 5.74) is 0.840. The molecule has 4 heteroatoms. The van der Waals surface area contributed by atoms with Crippen LogP contribution in [0.1, 0.15) is 5.56 Å². The number of ketones is 1. The summed E-state index contributed by atoms with van der Waals surface area (Å²) in [7, 11) is 0. The second-order valence-electron chi connectivity index (χ2n) is 4.25.